The molecule has 1 heterocycles. The molecule has 1 saturated heterocycles. The highest BCUT2D eigenvalue weighted by molar-refractivity contribution is 5.76. The molecule has 1 unspecified atom stereocenters. The smallest absolute Gasteiger partial charge is 0.380 e. The number of carbonyl (C=O) groups is 1. The van der Waals surface area contributed by atoms with Crippen molar-refractivity contribution in [1.82, 2.24) is 4.90 Å². The fraction of sp³-hybridized carbons (Fsp3) is 0.929. The van der Waals surface area contributed by atoms with Gasteiger partial charge in [-0.05, 0) is 45.1 Å². The first-order chi connectivity index (χ1) is 10.8. The average Bonchev–Trinajstić information content (AvgIpc) is 2.45. The molecule has 0 aromatic heterocycles. The van der Waals surface area contributed by atoms with Crippen molar-refractivity contribution < 1.29 is 36.2 Å². The quantitative estimate of drug-likeness (QED) is 0.741. The Balaban J connectivity index is 2.09. The molecule has 0 radical (unpaired) electrons. The first kappa shape index (κ1) is 19.3. The van der Waals surface area contributed by atoms with Crippen LogP contribution in [0.5, 0.6) is 0 Å². The zero-order chi connectivity index (χ0) is 18.3. The molecule has 2 fully saturated rings. The number of primary amides is 1. The monoisotopic (exact) mass is 362 g/mol. The van der Waals surface area contributed by atoms with Gasteiger partial charge in [-0.2, -0.15) is 26.3 Å². The minimum atomic E-state index is -4.79. The third kappa shape index (κ3) is 3.79. The molecule has 0 aromatic carbocycles. The zero-order valence-corrected chi connectivity index (χ0v) is 12.8. The first-order valence-corrected chi connectivity index (χ1v) is 7.76. The highest BCUT2D eigenvalue weighted by Crippen LogP contribution is 2.44. The number of piperidine rings is 1. The van der Waals surface area contributed by atoms with E-state index in [1.54, 1.807) is 0 Å². The van der Waals surface area contributed by atoms with Gasteiger partial charge in [0.1, 0.15) is 6.04 Å². The number of nitrogens with two attached hydrogens (primary N) is 1. The van der Waals surface area contributed by atoms with Crippen LogP contribution >= 0.6 is 0 Å². The van der Waals surface area contributed by atoms with Crippen molar-refractivity contribution >= 4 is 5.91 Å². The van der Waals surface area contributed by atoms with Gasteiger partial charge < -0.3 is 10.8 Å². The summed E-state index contributed by atoms with van der Waals surface area (Å²) in [5, 5.41) is 9.64. The van der Waals surface area contributed by atoms with Gasteiger partial charge in [0.25, 0.3) is 0 Å². The van der Waals surface area contributed by atoms with E-state index >= 15 is 0 Å². The second-order valence-corrected chi connectivity index (χ2v) is 6.68. The lowest BCUT2D eigenvalue weighted by Crippen LogP contribution is -2.58. The number of nitrogens with zero attached hydrogens (tertiary/aromatic N) is 1. The van der Waals surface area contributed by atoms with Crippen LogP contribution in [0.1, 0.15) is 38.5 Å². The van der Waals surface area contributed by atoms with Crippen molar-refractivity contribution in [1.29, 1.82) is 0 Å². The molecule has 3 N–H and O–H groups in total. The molecule has 24 heavy (non-hydrogen) atoms. The topological polar surface area (TPSA) is 66.6 Å². The molecule has 2 atom stereocenters. The molecule has 0 aromatic rings. The van der Waals surface area contributed by atoms with Crippen molar-refractivity contribution in [2.45, 2.75) is 68.6 Å². The van der Waals surface area contributed by atoms with E-state index in [1.165, 1.54) is 0 Å². The van der Waals surface area contributed by atoms with Gasteiger partial charge in [0.05, 0.1) is 0 Å². The number of amides is 1. The Morgan fingerprint density at radius 2 is 1.62 bits per heavy atom. The molecule has 140 valence electrons. The Morgan fingerprint density at radius 1 is 1.08 bits per heavy atom. The molecular weight excluding hydrogens is 342 g/mol. The predicted molar refractivity (Wildman–Crippen MR) is 71.7 cm³/mol. The van der Waals surface area contributed by atoms with E-state index in [0.717, 1.165) is 4.90 Å². The van der Waals surface area contributed by atoms with Crippen LogP contribution in [0.4, 0.5) is 26.3 Å². The molecule has 1 saturated carbocycles. The van der Waals surface area contributed by atoms with Crippen LogP contribution in [-0.4, -0.2) is 52.5 Å². The number of halogens is 6. The summed E-state index contributed by atoms with van der Waals surface area (Å²) in [7, 11) is 0. The average molecular weight is 362 g/mol. The first-order valence-electron chi connectivity index (χ1n) is 7.76. The van der Waals surface area contributed by atoms with Crippen molar-refractivity contribution in [2.24, 2.45) is 11.7 Å². The van der Waals surface area contributed by atoms with Crippen LogP contribution in [0.15, 0.2) is 0 Å². The highest BCUT2D eigenvalue weighted by Gasteiger charge is 2.56. The number of rotatable bonds is 2. The highest BCUT2D eigenvalue weighted by atomic mass is 19.4. The second-order valence-electron chi connectivity index (χ2n) is 6.68. The van der Waals surface area contributed by atoms with E-state index in [4.69, 9.17) is 5.73 Å². The lowest BCUT2D eigenvalue weighted by molar-refractivity contribution is -0.275. The summed E-state index contributed by atoms with van der Waals surface area (Å²) in [6.07, 6.45) is -11.3. The Hall–Kier alpha value is -1.03. The van der Waals surface area contributed by atoms with Crippen LogP contribution in [0.25, 0.3) is 0 Å². The van der Waals surface area contributed by atoms with Crippen LogP contribution < -0.4 is 5.73 Å². The number of aliphatic hydroxyl groups is 1. The fourth-order valence-electron chi connectivity index (χ4n) is 3.70. The molecule has 1 aliphatic carbocycles. The Bertz CT molecular complexity index is 471. The van der Waals surface area contributed by atoms with E-state index in [9.17, 15) is 36.2 Å². The van der Waals surface area contributed by atoms with Crippen molar-refractivity contribution in [3.63, 3.8) is 0 Å². The summed E-state index contributed by atoms with van der Waals surface area (Å²) in [4.78, 5) is 12.3. The van der Waals surface area contributed by atoms with Gasteiger partial charge in [0.15, 0.2) is 5.60 Å². The van der Waals surface area contributed by atoms with Gasteiger partial charge in [0.2, 0.25) is 5.91 Å². The normalized spacial score (nSPS) is 36.5. The Morgan fingerprint density at radius 3 is 2.04 bits per heavy atom. The van der Waals surface area contributed by atoms with Gasteiger partial charge in [0, 0.05) is 12.0 Å². The number of alkyl halides is 6. The standard InChI is InChI=1S/C14H20F6N2O2/c15-13(16,17)10-7-8(11(21)23)3-6-22(10)9-1-4-12(24,5-2-9)14(18,19)20/h8-10,24H,1-7H2,(H2,21,23)/t8?,9?,10-,12?/m0/s1. The maximum atomic E-state index is 13.3. The molecule has 1 aliphatic heterocycles. The third-order valence-electron chi connectivity index (χ3n) is 5.20. The molecular formula is C14H20F6N2O2. The maximum absolute atomic E-state index is 13.3. The van der Waals surface area contributed by atoms with E-state index < -0.39 is 61.1 Å². The lowest BCUT2D eigenvalue weighted by Gasteiger charge is -2.47. The van der Waals surface area contributed by atoms with Crippen molar-refractivity contribution in [2.75, 3.05) is 6.54 Å². The number of hydrogen-bond donors (Lipinski definition) is 2. The van der Waals surface area contributed by atoms with E-state index in [2.05, 4.69) is 0 Å². The van der Waals surface area contributed by atoms with Gasteiger partial charge >= 0.3 is 12.4 Å². The molecule has 2 aliphatic rings. The summed E-state index contributed by atoms with van der Waals surface area (Å²) in [5.41, 5.74) is 2.27. The SMILES string of the molecule is NC(=O)C1CCN(C2CCC(O)(C(F)(F)F)CC2)[C@H](C(F)(F)F)C1. The van der Waals surface area contributed by atoms with Crippen molar-refractivity contribution in [3.05, 3.63) is 0 Å². The summed E-state index contributed by atoms with van der Waals surface area (Å²) < 4.78 is 78.3. The number of carbonyl (C=O) groups excluding carboxylic acids is 1. The van der Waals surface area contributed by atoms with Gasteiger partial charge in [-0.25, -0.2) is 0 Å². The minimum absolute atomic E-state index is 0.0487. The summed E-state index contributed by atoms with van der Waals surface area (Å²) >= 11 is 0. The number of hydrogen-bond acceptors (Lipinski definition) is 3. The lowest BCUT2D eigenvalue weighted by atomic mass is 9.79. The van der Waals surface area contributed by atoms with Gasteiger partial charge in [-0.1, -0.05) is 0 Å². The maximum Gasteiger partial charge on any atom is 0.417 e. The van der Waals surface area contributed by atoms with E-state index in [1.807, 2.05) is 0 Å². The van der Waals surface area contributed by atoms with Crippen LogP contribution in [0.3, 0.4) is 0 Å². The molecule has 10 heteroatoms. The van der Waals surface area contributed by atoms with Gasteiger partial charge in [-0.3, -0.25) is 9.69 Å². The van der Waals surface area contributed by atoms with Crippen molar-refractivity contribution in [3.8, 4) is 0 Å². The Kier molecular flexibility index (Phi) is 5.11. The minimum Gasteiger partial charge on any atom is -0.380 e. The third-order valence-corrected chi connectivity index (χ3v) is 5.20. The van der Waals surface area contributed by atoms with Gasteiger partial charge in [-0.15, -0.1) is 0 Å². The predicted octanol–water partition coefficient (Wildman–Crippen LogP) is 2.35. The summed E-state index contributed by atoms with van der Waals surface area (Å²) in [6, 6.07) is -2.60. The summed E-state index contributed by atoms with van der Waals surface area (Å²) in [6.45, 7) is -0.0487. The molecule has 4 nitrogen and oxygen atoms in total. The molecule has 0 bridgehead atoms. The van der Waals surface area contributed by atoms with Crippen LogP contribution in [0.2, 0.25) is 0 Å². The second kappa shape index (κ2) is 6.36. The fourth-order valence-corrected chi connectivity index (χ4v) is 3.70. The largest absolute Gasteiger partial charge is 0.417 e. The van der Waals surface area contributed by atoms with E-state index in [0.29, 0.717) is 0 Å². The molecule has 2 rings (SSSR count). The molecule has 1 amide bonds. The zero-order valence-electron chi connectivity index (χ0n) is 12.8. The Labute approximate surface area is 135 Å². The van der Waals surface area contributed by atoms with Crippen LogP contribution in [-0.2, 0) is 4.79 Å². The number of likely N-dealkylation sites (tertiary alicyclic amines) is 1. The van der Waals surface area contributed by atoms with Crippen LogP contribution in [0, 0.1) is 5.92 Å². The molecule has 0 spiro atoms. The summed E-state index contributed by atoms with van der Waals surface area (Å²) in [5.74, 6) is -1.68. The van der Waals surface area contributed by atoms with E-state index in [-0.39, 0.29) is 25.8 Å².